The van der Waals surface area contributed by atoms with Crippen molar-refractivity contribution in [1.82, 2.24) is 5.32 Å². The van der Waals surface area contributed by atoms with Crippen molar-refractivity contribution in [3.63, 3.8) is 0 Å². The van der Waals surface area contributed by atoms with Gasteiger partial charge in [-0.2, -0.15) is 0 Å². The fourth-order valence-electron chi connectivity index (χ4n) is 2.21. The minimum atomic E-state index is -0.0580. The molecule has 0 saturated heterocycles. The Balaban J connectivity index is 1.82. The molecule has 0 aliphatic heterocycles. The van der Waals surface area contributed by atoms with Crippen molar-refractivity contribution < 1.29 is 9.53 Å². The van der Waals surface area contributed by atoms with E-state index < -0.39 is 0 Å². The van der Waals surface area contributed by atoms with E-state index in [0.29, 0.717) is 18.7 Å². The molecular formula is C18H21NO2. The fourth-order valence-corrected chi connectivity index (χ4v) is 2.21. The number of hydrogen-bond donors (Lipinski definition) is 1. The number of nitrogens with one attached hydrogen (secondary N) is 1. The van der Waals surface area contributed by atoms with Crippen LogP contribution < -0.4 is 10.1 Å². The van der Waals surface area contributed by atoms with Crippen LogP contribution in [-0.2, 0) is 0 Å². The number of hydrogen-bond acceptors (Lipinski definition) is 2. The number of carbonyl (C=O) groups excluding carboxylic acids is 1. The predicted octanol–water partition coefficient (Wildman–Crippen LogP) is 3.42. The number of amides is 1. The van der Waals surface area contributed by atoms with Gasteiger partial charge in [-0.05, 0) is 44.0 Å². The molecule has 2 rings (SSSR count). The standard InChI is InChI=1S/C18H21NO2/c1-13-8-9-17(15(3)12-13)21-11-10-19-18(20)16-7-5-4-6-14(16)2/h4-9,12H,10-11H2,1-3H3,(H,19,20). The van der Waals surface area contributed by atoms with Crippen LogP contribution in [0, 0.1) is 20.8 Å². The molecule has 3 nitrogen and oxygen atoms in total. The SMILES string of the molecule is Cc1ccc(OCCNC(=O)c2ccccc2C)c(C)c1. The molecule has 1 amide bonds. The van der Waals surface area contributed by atoms with Crippen LogP contribution in [0.2, 0.25) is 0 Å². The van der Waals surface area contributed by atoms with Crippen molar-refractivity contribution in [2.75, 3.05) is 13.2 Å². The van der Waals surface area contributed by atoms with Gasteiger partial charge in [0, 0.05) is 5.56 Å². The highest BCUT2D eigenvalue weighted by Gasteiger charge is 2.07. The third-order valence-electron chi connectivity index (χ3n) is 3.37. The molecule has 0 heterocycles. The zero-order valence-electron chi connectivity index (χ0n) is 12.8. The third kappa shape index (κ3) is 4.09. The molecule has 3 heteroatoms. The molecule has 0 bridgehead atoms. The average Bonchev–Trinajstić information content (AvgIpc) is 2.45. The van der Waals surface area contributed by atoms with Gasteiger partial charge in [-0.1, -0.05) is 35.9 Å². The molecule has 0 unspecified atom stereocenters. The maximum atomic E-state index is 12.0. The van der Waals surface area contributed by atoms with E-state index >= 15 is 0 Å². The lowest BCUT2D eigenvalue weighted by Gasteiger charge is -2.11. The Morgan fingerprint density at radius 1 is 1.05 bits per heavy atom. The topological polar surface area (TPSA) is 38.3 Å². The molecule has 0 aliphatic carbocycles. The lowest BCUT2D eigenvalue weighted by Crippen LogP contribution is -2.28. The van der Waals surface area contributed by atoms with Crippen molar-refractivity contribution in [1.29, 1.82) is 0 Å². The Morgan fingerprint density at radius 3 is 2.52 bits per heavy atom. The van der Waals surface area contributed by atoms with Crippen molar-refractivity contribution >= 4 is 5.91 Å². The maximum absolute atomic E-state index is 12.0. The first-order chi connectivity index (χ1) is 10.1. The number of benzene rings is 2. The lowest BCUT2D eigenvalue weighted by atomic mass is 10.1. The predicted molar refractivity (Wildman–Crippen MR) is 84.9 cm³/mol. The summed E-state index contributed by atoms with van der Waals surface area (Å²) in [7, 11) is 0. The Hall–Kier alpha value is -2.29. The monoisotopic (exact) mass is 283 g/mol. The van der Waals surface area contributed by atoms with Crippen LogP contribution in [0.1, 0.15) is 27.0 Å². The van der Waals surface area contributed by atoms with E-state index in [1.165, 1.54) is 5.56 Å². The van der Waals surface area contributed by atoms with Gasteiger partial charge in [0.15, 0.2) is 0 Å². The van der Waals surface area contributed by atoms with Gasteiger partial charge in [-0.3, -0.25) is 4.79 Å². The number of ether oxygens (including phenoxy) is 1. The highest BCUT2D eigenvalue weighted by atomic mass is 16.5. The first-order valence-corrected chi connectivity index (χ1v) is 7.12. The molecule has 1 N–H and O–H groups in total. The molecule has 0 fully saturated rings. The van der Waals surface area contributed by atoms with Gasteiger partial charge in [-0.15, -0.1) is 0 Å². The molecule has 0 radical (unpaired) electrons. The first kappa shape index (κ1) is 15.1. The van der Waals surface area contributed by atoms with Gasteiger partial charge in [0.25, 0.3) is 5.91 Å². The van der Waals surface area contributed by atoms with Crippen LogP contribution in [-0.4, -0.2) is 19.1 Å². The summed E-state index contributed by atoms with van der Waals surface area (Å²) in [6.07, 6.45) is 0. The van der Waals surface area contributed by atoms with Crippen LogP contribution >= 0.6 is 0 Å². The van der Waals surface area contributed by atoms with Crippen molar-refractivity contribution in [3.8, 4) is 5.75 Å². The second-order valence-corrected chi connectivity index (χ2v) is 5.19. The summed E-state index contributed by atoms with van der Waals surface area (Å²) < 4.78 is 5.69. The summed E-state index contributed by atoms with van der Waals surface area (Å²) in [6.45, 7) is 6.95. The van der Waals surface area contributed by atoms with Gasteiger partial charge >= 0.3 is 0 Å². The third-order valence-corrected chi connectivity index (χ3v) is 3.37. The summed E-state index contributed by atoms with van der Waals surface area (Å²) >= 11 is 0. The largest absolute Gasteiger partial charge is 0.491 e. The number of carbonyl (C=O) groups is 1. The van der Waals surface area contributed by atoms with Crippen LogP contribution in [0.3, 0.4) is 0 Å². The quantitative estimate of drug-likeness (QED) is 0.854. The van der Waals surface area contributed by atoms with E-state index in [1.807, 2.05) is 50.2 Å². The van der Waals surface area contributed by atoms with Gasteiger partial charge in [0.1, 0.15) is 12.4 Å². The zero-order chi connectivity index (χ0) is 15.2. The smallest absolute Gasteiger partial charge is 0.251 e. The molecule has 2 aromatic carbocycles. The molecule has 110 valence electrons. The minimum Gasteiger partial charge on any atom is -0.491 e. The van der Waals surface area contributed by atoms with E-state index in [1.54, 1.807) is 0 Å². The van der Waals surface area contributed by atoms with Gasteiger partial charge in [0.05, 0.1) is 6.54 Å². The highest BCUT2D eigenvalue weighted by Crippen LogP contribution is 2.18. The fraction of sp³-hybridized carbons (Fsp3) is 0.278. The second-order valence-electron chi connectivity index (χ2n) is 5.19. The van der Waals surface area contributed by atoms with Gasteiger partial charge in [-0.25, -0.2) is 0 Å². The lowest BCUT2D eigenvalue weighted by molar-refractivity contribution is 0.0946. The molecule has 2 aromatic rings. The van der Waals surface area contributed by atoms with Crippen LogP contribution in [0.15, 0.2) is 42.5 Å². The molecule has 0 atom stereocenters. The molecule has 0 spiro atoms. The minimum absolute atomic E-state index is 0.0580. The maximum Gasteiger partial charge on any atom is 0.251 e. The Labute approximate surface area is 126 Å². The highest BCUT2D eigenvalue weighted by molar-refractivity contribution is 5.95. The van der Waals surface area contributed by atoms with Gasteiger partial charge < -0.3 is 10.1 Å². The first-order valence-electron chi connectivity index (χ1n) is 7.12. The normalized spacial score (nSPS) is 10.2. The van der Waals surface area contributed by atoms with Crippen LogP contribution in [0.5, 0.6) is 5.75 Å². The molecular weight excluding hydrogens is 262 g/mol. The van der Waals surface area contributed by atoms with E-state index in [4.69, 9.17) is 4.74 Å². The summed E-state index contributed by atoms with van der Waals surface area (Å²) in [5, 5.41) is 2.88. The summed E-state index contributed by atoms with van der Waals surface area (Å²) in [4.78, 5) is 12.0. The van der Waals surface area contributed by atoms with E-state index in [2.05, 4.69) is 18.3 Å². The number of rotatable bonds is 5. The van der Waals surface area contributed by atoms with Crippen LogP contribution in [0.25, 0.3) is 0 Å². The zero-order valence-corrected chi connectivity index (χ0v) is 12.8. The average molecular weight is 283 g/mol. The Kier molecular flexibility index (Phi) is 4.99. The van der Waals surface area contributed by atoms with E-state index in [-0.39, 0.29) is 5.91 Å². The van der Waals surface area contributed by atoms with E-state index in [0.717, 1.165) is 16.9 Å². The summed E-state index contributed by atoms with van der Waals surface area (Å²) in [5.41, 5.74) is 4.02. The Morgan fingerprint density at radius 2 is 1.81 bits per heavy atom. The van der Waals surface area contributed by atoms with Crippen molar-refractivity contribution in [2.45, 2.75) is 20.8 Å². The molecule has 0 saturated carbocycles. The molecule has 21 heavy (non-hydrogen) atoms. The molecule has 0 aliphatic rings. The summed E-state index contributed by atoms with van der Waals surface area (Å²) in [5.74, 6) is 0.808. The number of aryl methyl sites for hydroxylation is 3. The molecule has 0 aromatic heterocycles. The second kappa shape index (κ2) is 6.93. The van der Waals surface area contributed by atoms with Gasteiger partial charge in [0.2, 0.25) is 0 Å². The van der Waals surface area contributed by atoms with E-state index in [9.17, 15) is 4.79 Å². The Bertz CT molecular complexity index is 635. The van der Waals surface area contributed by atoms with Crippen LogP contribution in [0.4, 0.5) is 0 Å². The van der Waals surface area contributed by atoms with Crippen molar-refractivity contribution in [3.05, 3.63) is 64.7 Å². The summed E-state index contributed by atoms with van der Waals surface area (Å²) in [6, 6.07) is 13.6. The van der Waals surface area contributed by atoms with Crippen molar-refractivity contribution in [2.24, 2.45) is 0 Å².